The van der Waals surface area contributed by atoms with E-state index in [1.807, 2.05) is 0 Å². The number of hydrogen-bond acceptors (Lipinski definition) is 4. The number of halogens is 10. The normalized spacial score (nSPS) is 20.0. The Hall–Kier alpha value is -1.43. The van der Waals surface area contributed by atoms with Crippen LogP contribution in [0.2, 0.25) is 0 Å². The first kappa shape index (κ1) is 22.6. The fraction of sp³-hybridized carbons (Fsp3) is 0.636. The molecule has 4 nitrogen and oxygen atoms in total. The summed E-state index contributed by atoms with van der Waals surface area (Å²) in [5.74, 6) is 0. The van der Waals surface area contributed by atoms with Gasteiger partial charge in [-0.25, -0.2) is 0 Å². The average molecular weight is 424 g/mol. The van der Waals surface area contributed by atoms with Crippen LogP contribution < -0.4 is 0 Å². The summed E-state index contributed by atoms with van der Waals surface area (Å²) in [5.41, 5.74) is -14.0. The fourth-order valence-electron chi connectivity index (χ4n) is 1.78. The van der Waals surface area contributed by atoms with E-state index in [9.17, 15) is 48.5 Å². The van der Waals surface area contributed by atoms with Crippen molar-refractivity contribution < 1.29 is 53.0 Å². The van der Waals surface area contributed by atoms with Gasteiger partial charge in [0.25, 0.3) is 0 Å². The standard InChI is InChI=1S/C11H11F10N2O2P/c1-3-4-23-6-5-22(2)7(23)25-26(24,10(18,19)8(12,13)14)11(20,21)9(15,16)17/h3,5-7H,1,4H2,2H3. The first-order valence-corrected chi connectivity index (χ1v) is 8.01. The van der Waals surface area contributed by atoms with E-state index >= 15 is 0 Å². The minimum Gasteiger partial charge on any atom is -0.337 e. The molecule has 0 amide bonds. The highest BCUT2D eigenvalue weighted by molar-refractivity contribution is 7.61. The third-order valence-corrected chi connectivity index (χ3v) is 5.60. The molecule has 1 aliphatic heterocycles. The van der Waals surface area contributed by atoms with Gasteiger partial charge in [0.2, 0.25) is 6.35 Å². The van der Waals surface area contributed by atoms with Crippen LogP contribution in [0.1, 0.15) is 0 Å². The molecule has 0 aromatic heterocycles. The van der Waals surface area contributed by atoms with Crippen molar-refractivity contribution in [3.63, 3.8) is 0 Å². The zero-order valence-electron chi connectivity index (χ0n) is 12.7. The van der Waals surface area contributed by atoms with E-state index in [4.69, 9.17) is 0 Å². The zero-order chi connectivity index (χ0) is 20.8. The van der Waals surface area contributed by atoms with Gasteiger partial charge >= 0.3 is 31.0 Å². The highest BCUT2D eigenvalue weighted by Crippen LogP contribution is 2.78. The Balaban J connectivity index is 3.53. The predicted molar refractivity (Wildman–Crippen MR) is 68.3 cm³/mol. The van der Waals surface area contributed by atoms with Crippen LogP contribution in [0.15, 0.2) is 25.1 Å². The van der Waals surface area contributed by atoms with Crippen LogP contribution in [0.25, 0.3) is 0 Å². The van der Waals surface area contributed by atoms with Crippen molar-refractivity contribution in [2.75, 3.05) is 13.6 Å². The molecule has 1 heterocycles. The molecule has 0 radical (unpaired) electrons. The van der Waals surface area contributed by atoms with Gasteiger partial charge in [-0.1, -0.05) is 6.08 Å². The van der Waals surface area contributed by atoms with Gasteiger partial charge in [0, 0.05) is 26.0 Å². The highest BCUT2D eigenvalue weighted by Gasteiger charge is 2.85. The van der Waals surface area contributed by atoms with E-state index in [2.05, 4.69) is 11.1 Å². The number of rotatable bonds is 6. The molecule has 0 bridgehead atoms. The Morgan fingerprint density at radius 2 is 1.42 bits per heavy atom. The molecule has 0 saturated carbocycles. The predicted octanol–water partition coefficient (Wildman–Crippen LogP) is 4.78. The summed E-state index contributed by atoms with van der Waals surface area (Å²) in [7, 11) is -7.18. The van der Waals surface area contributed by atoms with Gasteiger partial charge in [-0.15, -0.1) is 6.58 Å². The van der Waals surface area contributed by atoms with Crippen molar-refractivity contribution in [1.29, 1.82) is 0 Å². The van der Waals surface area contributed by atoms with Gasteiger partial charge in [0.1, 0.15) is 0 Å². The Morgan fingerprint density at radius 3 is 1.77 bits per heavy atom. The van der Waals surface area contributed by atoms with Crippen molar-refractivity contribution in [3.8, 4) is 0 Å². The number of alkyl halides is 10. The molecular formula is C11H11F10N2O2P. The second kappa shape index (κ2) is 6.63. The maximum atomic E-state index is 13.5. The molecule has 0 aromatic rings. The molecule has 152 valence electrons. The van der Waals surface area contributed by atoms with E-state index in [-0.39, 0.29) is 0 Å². The molecule has 1 aliphatic rings. The smallest absolute Gasteiger partial charge is 0.337 e. The van der Waals surface area contributed by atoms with Gasteiger partial charge in [-0.3, -0.25) is 9.09 Å². The minimum atomic E-state index is -8.09. The molecule has 15 heteroatoms. The van der Waals surface area contributed by atoms with Gasteiger partial charge in [-0.2, -0.15) is 43.9 Å². The largest absolute Gasteiger partial charge is 0.463 e. The van der Waals surface area contributed by atoms with Gasteiger partial charge in [0.05, 0.1) is 0 Å². The van der Waals surface area contributed by atoms with Crippen molar-refractivity contribution in [2.24, 2.45) is 0 Å². The van der Waals surface area contributed by atoms with Gasteiger partial charge in [0.15, 0.2) is 0 Å². The van der Waals surface area contributed by atoms with Gasteiger partial charge in [-0.05, 0) is 0 Å². The van der Waals surface area contributed by atoms with Crippen LogP contribution in [0.4, 0.5) is 43.9 Å². The van der Waals surface area contributed by atoms with E-state index in [0.29, 0.717) is 9.80 Å². The number of hydrogen-bond donors (Lipinski definition) is 0. The molecule has 0 aromatic carbocycles. The Morgan fingerprint density at radius 1 is 1.00 bits per heavy atom. The lowest BCUT2D eigenvalue weighted by Gasteiger charge is -2.38. The van der Waals surface area contributed by atoms with Crippen molar-refractivity contribution in [1.82, 2.24) is 9.80 Å². The number of nitrogens with zero attached hydrogens (tertiary/aromatic N) is 2. The molecular weight excluding hydrogens is 413 g/mol. The summed E-state index contributed by atoms with van der Waals surface area (Å²) in [6, 6.07) is 0. The summed E-state index contributed by atoms with van der Waals surface area (Å²) in [6.07, 6.45) is -13.5. The maximum Gasteiger partial charge on any atom is 0.463 e. The zero-order valence-corrected chi connectivity index (χ0v) is 13.6. The Labute approximate surface area is 140 Å². The van der Waals surface area contributed by atoms with E-state index in [1.165, 1.54) is 0 Å². The maximum absolute atomic E-state index is 13.5. The monoisotopic (exact) mass is 424 g/mol. The summed E-state index contributed by atoms with van der Waals surface area (Å²) in [6.45, 7) is 2.78. The van der Waals surface area contributed by atoms with E-state index in [1.54, 1.807) is 0 Å². The summed E-state index contributed by atoms with van der Waals surface area (Å²) < 4.78 is 145. The van der Waals surface area contributed by atoms with Crippen LogP contribution in [-0.4, -0.2) is 53.4 Å². The summed E-state index contributed by atoms with van der Waals surface area (Å²) >= 11 is 0. The average Bonchev–Trinajstić information content (AvgIpc) is 2.77. The van der Waals surface area contributed by atoms with Crippen LogP contribution in [0.5, 0.6) is 0 Å². The molecule has 1 unspecified atom stereocenters. The SMILES string of the molecule is C=CCN1C=CN(C)C1OP(=O)(C(F)(F)C(F)(F)F)C(F)(F)C(F)(F)F. The van der Waals surface area contributed by atoms with E-state index < -0.39 is 43.9 Å². The third kappa shape index (κ3) is 3.40. The molecule has 0 spiro atoms. The lowest BCUT2D eigenvalue weighted by molar-refractivity contribution is -0.275. The Bertz CT molecular complexity index is 585. The third-order valence-electron chi connectivity index (χ3n) is 3.13. The summed E-state index contributed by atoms with van der Waals surface area (Å²) in [4.78, 5) is 1.22. The molecule has 1 rings (SSSR count). The topological polar surface area (TPSA) is 32.8 Å². The molecule has 0 N–H and O–H groups in total. The quantitative estimate of drug-likeness (QED) is 0.349. The first-order chi connectivity index (χ1) is 11.4. The van der Waals surface area contributed by atoms with Crippen LogP contribution in [-0.2, 0) is 9.09 Å². The second-order valence-corrected chi connectivity index (χ2v) is 7.45. The van der Waals surface area contributed by atoms with Gasteiger partial charge < -0.3 is 9.80 Å². The minimum absolute atomic E-state index is 0.402. The first-order valence-electron chi connectivity index (χ1n) is 6.38. The van der Waals surface area contributed by atoms with Crippen LogP contribution in [0.3, 0.4) is 0 Å². The molecule has 26 heavy (non-hydrogen) atoms. The fourth-order valence-corrected chi connectivity index (χ4v) is 3.60. The lowest BCUT2D eigenvalue weighted by atomic mass is 10.5. The molecule has 0 aliphatic carbocycles. The van der Waals surface area contributed by atoms with Crippen LogP contribution in [0, 0.1) is 0 Å². The molecule has 0 fully saturated rings. The van der Waals surface area contributed by atoms with Crippen molar-refractivity contribution in [2.45, 2.75) is 30.0 Å². The second-order valence-electron chi connectivity index (χ2n) is 5.01. The molecule has 1 atom stereocenters. The summed E-state index contributed by atoms with van der Waals surface area (Å²) in [5, 5.41) is 0. The van der Waals surface area contributed by atoms with Crippen molar-refractivity contribution in [3.05, 3.63) is 25.1 Å². The van der Waals surface area contributed by atoms with Crippen molar-refractivity contribution >= 4 is 7.37 Å². The highest BCUT2D eigenvalue weighted by atomic mass is 31.2. The van der Waals surface area contributed by atoms with E-state index in [0.717, 1.165) is 25.5 Å². The Kier molecular flexibility index (Phi) is 5.76. The van der Waals surface area contributed by atoms with Crippen LogP contribution >= 0.6 is 7.37 Å². The molecule has 0 saturated heterocycles. The lowest BCUT2D eigenvalue weighted by Crippen LogP contribution is -2.51.